The molecule has 0 aliphatic heterocycles. The van der Waals surface area contributed by atoms with Crippen molar-refractivity contribution in [3.05, 3.63) is 234 Å². The quantitative estimate of drug-likeness (QED) is 0.175. The molecule has 0 bridgehead atoms. The normalized spacial score (nSPS) is 14.3. The van der Waals surface area contributed by atoms with Gasteiger partial charge in [0, 0.05) is 27.4 Å². The lowest BCUT2D eigenvalue weighted by atomic mass is 9.67. The van der Waals surface area contributed by atoms with Crippen LogP contribution in [-0.2, 0) is 10.8 Å². The summed E-state index contributed by atoms with van der Waals surface area (Å²) < 4.78 is 6.90. The summed E-state index contributed by atoms with van der Waals surface area (Å²) in [6, 6.07) is 73.7. The van der Waals surface area contributed by atoms with Gasteiger partial charge in [0.05, 0.1) is 16.8 Å². The van der Waals surface area contributed by atoms with Gasteiger partial charge in [0.1, 0.15) is 5.58 Å². The summed E-state index contributed by atoms with van der Waals surface area (Å²) >= 11 is 0. The Kier molecular flexibility index (Phi) is 6.93. The first-order valence-electron chi connectivity index (χ1n) is 20.3. The minimum atomic E-state index is -0.540. The molecule has 12 rings (SSSR count). The Morgan fingerprint density at radius 3 is 1.79 bits per heavy atom. The summed E-state index contributed by atoms with van der Waals surface area (Å²) in [5.41, 5.74) is 17.1. The predicted octanol–water partition coefficient (Wildman–Crippen LogP) is 14.9. The van der Waals surface area contributed by atoms with Gasteiger partial charge >= 0.3 is 0 Å². The highest BCUT2D eigenvalue weighted by atomic mass is 16.3. The zero-order valence-electron chi connectivity index (χ0n) is 32.4. The Labute approximate surface area is 338 Å². The number of hydrogen-bond donors (Lipinski definition) is 0. The van der Waals surface area contributed by atoms with Crippen LogP contribution >= 0.6 is 0 Å². The van der Waals surface area contributed by atoms with Crippen molar-refractivity contribution >= 4 is 49.8 Å². The molecule has 9 aromatic carbocycles. The summed E-state index contributed by atoms with van der Waals surface area (Å²) in [6.07, 6.45) is 0. The van der Waals surface area contributed by atoms with Gasteiger partial charge in [-0.1, -0.05) is 184 Å². The smallest absolute Gasteiger partial charge is 0.159 e. The number of benzene rings is 9. The second-order valence-corrected chi connectivity index (χ2v) is 16.4. The van der Waals surface area contributed by atoms with Crippen molar-refractivity contribution in [1.82, 2.24) is 0 Å². The topological polar surface area (TPSA) is 16.4 Å². The van der Waals surface area contributed by atoms with E-state index >= 15 is 0 Å². The third kappa shape index (κ3) is 4.38. The first-order chi connectivity index (χ1) is 28.5. The van der Waals surface area contributed by atoms with E-state index in [9.17, 15) is 0 Å². The molecule has 0 fully saturated rings. The lowest BCUT2D eigenvalue weighted by Crippen LogP contribution is -2.28. The van der Waals surface area contributed by atoms with Gasteiger partial charge in [-0.3, -0.25) is 0 Å². The van der Waals surface area contributed by atoms with Gasteiger partial charge in [-0.25, -0.2) is 0 Å². The molecule has 0 saturated heterocycles. The molecule has 2 aliphatic carbocycles. The summed E-state index contributed by atoms with van der Waals surface area (Å²) in [5, 5.41) is 4.73. The van der Waals surface area contributed by atoms with E-state index < -0.39 is 5.41 Å². The molecule has 0 saturated carbocycles. The highest BCUT2D eigenvalue weighted by Gasteiger charge is 2.46. The summed E-state index contributed by atoms with van der Waals surface area (Å²) in [5.74, 6) is 0. The Morgan fingerprint density at radius 1 is 0.431 bits per heavy atom. The van der Waals surface area contributed by atoms with Crippen LogP contribution in [0.25, 0.3) is 55.0 Å². The average molecular weight is 742 g/mol. The number of nitrogens with zero attached hydrogens (tertiary/aromatic N) is 1. The van der Waals surface area contributed by atoms with Crippen molar-refractivity contribution in [2.24, 2.45) is 0 Å². The van der Waals surface area contributed by atoms with Crippen LogP contribution in [0.2, 0.25) is 0 Å². The number of para-hydroxylation sites is 2. The lowest BCUT2D eigenvalue weighted by molar-refractivity contribution is 0.666. The molecule has 2 aliphatic rings. The summed E-state index contributed by atoms with van der Waals surface area (Å²) in [7, 11) is 0. The van der Waals surface area contributed by atoms with Gasteiger partial charge in [0.25, 0.3) is 0 Å². The van der Waals surface area contributed by atoms with Crippen LogP contribution in [0.1, 0.15) is 47.2 Å². The minimum absolute atomic E-state index is 0.213. The van der Waals surface area contributed by atoms with Crippen LogP contribution in [0, 0.1) is 0 Å². The molecule has 0 atom stereocenters. The van der Waals surface area contributed by atoms with Crippen molar-refractivity contribution in [2.75, 3.05) is 4.90 Å². The van der Waals surface area contributed by atoms with Crippen molar-refractivity contribution in [1.29, 1.82) is 0 Å². The molecule has 274 valence electrons. The fraction of sp³-hybridized carbons (Fsp3) is 0.0714. The molecule has 0 amide bonds. The standard InChI is InChI=1S/C56H39NO/c1-55(2)46-29-12-10-27-45(46)52-50(34-36-18-6-7-23-40(36)53(52)55)57(49-32-17-28-44-43-26-11-15-33-51(43)58-54(44)49)39-22-16-21-38(35-39)56(37-19-4-3-5-20-37)47-30-13-8-24-41(47)42-25-9-14-31-48(42)56/h3-35H,1-2H3. The second-order valence-electron chi connectivity index (χ2n) is 16.4. The van der Waals surface area contributed by atoms with Crippen molar-refractivity contribution in [3.8, 4) is 22.3 Å². The SMILES string of the molecule is CC1(C)c2ccccc2-c2c(N(c3cccc(C4(c5ccccc5)c5ccccc5-c5ccccc54)c3)c3cccc4c3oc3ccccc34)cc3ccccc3c21. The van der Waals surface area contributed by atoms with E-state index in [2.05, 4.69) is 219 Å². The van der Waals surface area contributed by atoms with E-state index in [0.717, 1.165) is 39.0 Å². The Bertz CT molecular complexity index is 3230. The second kappa shape index (κ2) is 12.2. The van der Waals surface area contributed by atoms with Crippen LogP contribution in [0.15, 0.2) is 205 Å². The molecule has 0 spiro atoms. The fourth-order valence-electron chi connectivity index (χ4n) is 10.7. The Hall–Kier alpha value is -7.16. The molecular weight excluding hydrogens is 703 g/mol. The van der Waals surface area contributed by atoms with Crippen molar-refractivity contribution in [3.63, 3.8) is 0 Å². The molecule has 1 aromatic heterocycles. The van der Waals surface area contributed by atoms with Crippen molar-refractivity contribution < 1.29 is 4.42 Å². The molecule has 2 heteroatoms. The van der Waals surface area contributed by atoms with Gasteiger partial charge in [0.2, 0.25) is 0 Å². The average Bonchev–Trinajstić information content (AvgIpc) is 3.89. The van der Waals surface area contributed by atoms with E-state index in [1.54, 1.807) is 0 Å². The summed E-state index contributed by atoms with van der Waals surface area (Å²) in [6.45, 7) is 4.77. The molecular formula is C56H39NO. The maximum Gasteiger partial charge on any atom is 0.159 e. The molecule has 0 N–H and O–H groups in total. The maximum atomic E-state index is 6.90. The Balaban J connectivity index is 1.21. The molecule has 2 nitrogen and oxygen atoms in total. The number of hydrogen-bond acceptors (Lipinski definition) is 2. The number of fused-ring (bicyclic) bond motifs is 11. The highest BCUT2D eigenvalue weighted by Crippen LogP contribution is 2.59. The zero-order valence-corrected chi connectivity index (χ0v) is 32.4. The van der Waals surface area contributed by atoms with Crippen LogP contribution in [0.3, 0.4) is 0 Å². The van der Waals surface area contributed by atoms with E-state index in [0.29, 0.717) is 0 Å². The largest absolute Gasteiger partial charge is 0.454 e. The molecule has 10 aromatic rings. The van der Waals surface area contributed by atoms with E-state index in [-0.39, 0.29) is 5.41 Å². The summed E-state index contributed by atoms with van der Waals surface area (Å²) in [4.78, 5) is 2.49. The number of rotatable bonds is 5. The van der Waals surface area contributed by atoms with E-state index in [4.69, 9.17) is 4.42 Å². The van der Waals surface area contributed by atoms with Crippen LogP contribution in [0.5, 0.6) is 0 Å². The maximum absolute atomic E-state index is 6.90. The third-order valence-electron chi connectivity index (χ3n) is 13.1. The lowest BCUT2D eigenvalue weighted by Gasteiger charge is -2.35. The van der Waals surface area contributed by atoms with Gasteiger partial charge < -0.3 is 9.32 Å². The van der Waals surface area contributed by atoms with Crippen LogP contribution < -0.4 is 4.90 Å². The van der Waals surface area contributed by atoms with Crippen LogP contribution in [0.4, 0.5) is 17.1 Å². The molecule has 0 unspecified atom stereocenters. The first kappa shape index (κ1) is 33.0. The van der Waals surface area contributed by atoms with Crippen molar-refractivity contribution in [2.45, 2.75) is 24.7 Å². The monoisotopic (exact) mass is 741 g/mol. The van der Waals surface area contributed by atoms with Gasteiger partial charge in [-0.2, -0.15) is 0 Å². The van der Waals surface area contributed by atoms with Gasteiger partial charge in [-0.05, 0) is 91.2 Å². The highest BCUT2D eigenvalue weighted by molar-refractivity contribution is 6.12. The minimum Gasteiger partial charge on any atom is -0.454 e. The van der Waals surface area contributed by atoms with E-state index in [1.165, 1.54) is 66.4 Å². The van der Waals surface area contributed by atoms with Gasteiger partial charge in [-0.15, -0.1) is 0 Å². The number of anilines is 3. The fourth-order valence-corrected chi connectivity index (χ4v) is 10.7. The van der Waals surface area contributed by atoms with E-state index in [1.807, 2.05) is 0 Å². The van der Waals surface area contributed by atoms with Gasteiger partial charge in [0.15, 0.2) is 5.58 Å². The first-order valence-corrected chi connectivity index (χ1v) is 20.3. The zero-order chi connectivity index (χ0) is 38.6. The molecule has 1 heterocycles. The third-order valence-corrected chi connectivity index (χ3v) is 13.1. The molecule has 0 radical (unpaired) electrons. The molecule has 58 heavy (non-hydrogen) atoms. The van der Waals surface area contributed by atoms with Crippen LogP contribution in [-0.4, -0.2) is 0 Å². The number of furan rings is 1. The Morgan fingerprint density at radius 2 is 1.02 bits per heavy atom. The predicted molar refractivity (Wildman–Crippen MR) is 241 cm³/mol.